The molecule has 0 aliphatic carbocycles. The van der Waals surface area contributed by atoms with Gasteiger partial charge in [0.25, 0.3) is 0 Å². The molecular weight excluding hydrogens is 290 g/mol. The number of halogens is 1. The minimum absolute atomic E-state index is 0.0462. The molecule has 2 aromatic carbocycles. The Morgan fingerprint density at radius 1 is 1.15 bits per heavy atom. The lowest BCUT2D eigenvalue weighted by atomic mass is 10.1. The van der Waals surface area contributed by atoms with Gasteiger partial charge in [-0.15, -0.1) is 11.8 Å². The van der Waals surface area contributed by atoms with Crippen molar-refractivity contribution in [2.75, 3.05) is 10.7 Å². The number of hydrogen-bond donors (Lipinski definition) is 0. The van der Waals surface area contributed by atoms with Gasteiger partial charge in [-0.05, 0) is 42.3 Å². The molecule has 0 unspecified atom stereocenters. The number of thioether (sulfide) groups is 1. The van der Waals surface area contributed by atoms with Crippen molar-refractivity contribution in [3.63, 3.8) is 0 Å². The molecule has 0 radical (unpaired) electrons. The molecule has 102 valence electrons. The summed E-state index contributed by atoms with van der Waals surface area (Å²) in [6.45, 7) is 2.08. The quantitative estimate of drug-likeness (QED) is 0.818. The molecule has 0 N–H and O–H groups in total. The van der Waals surface area contributed by atoms with Gasteiger partial charge < -0.3 is 0 Å². The van der Waals surface area contributed by atoms with Gasteiger partial charge in [-0.2, -0.15) is 0 Å². The summed E-state index contributed by atoms with van der Waals surface area (Å²) < 4.78 is 0. The van der Waals surface area contributed by atoms with E-state index in [-0.39, 0.29) is 11.3 Å². The van der Waals surface area contributed by atoms with Gasteiger partial charge in [-0.25, -0.2) is 0 Å². The summed E-state index contributed by atoms with van der Waals surface area (Å²) in [5, 5.41) is 0.727. The number of hydrogen-bond acceptors (Lipinski definition) is 2. The summed E-state index contributed by atoms with van der Waals surface area (Å²) in [6, 6.07) is 15.7. The standard InChI is InChI=1S/C16H14ClNOS/c1-11-4-2-3-5-14(11)16-18(15(19)10-20-16)13-8-6-12(17)7-9-13/h2-9,16H,10H2,1H3/t16-/m0/s1. The third-order valence-corrected chi connectivity index (χ3v) is 4.87. The number of rotatable bonds is 2. The average Bonchev–Trinajstić information content (AvgIpc) is 2.82. The molecule has 20 heavy (non-hydrogen) atoms. The van der Waals surface area contributed by atoms with Crippen LogP contribution in [-0.4, -0.2) is 11.7 Å². The number of aryl methyl sites for hydroxylation is 1. The maximum absolute atomic E-state index is 12.2. The van der Waals surface area contributed by atoms with E-state index in [1.54, 1.807) is 11.8 Å². The van der Waals surface area contributed by atoms with E-state index in [1.165, 1.54) is 11.1 Å². The third kappa shape index (κ3) is 2.43. The maximum atomic E-state index is 12.2. The predicted molar refractivity (Wildman–Crippen MR) is 85.3 cm³/mol. The fraction of sp³-hybridized carbons (Fsp3) is 0.188. The molecule has 2 aromatic rings. The van der Waals surface area contributed by atoms with Crippen LogP contribution in [0.4, 0.5) is 5.69 Å². The molecule has 1 aliphatic heterocycles. The van der Waals surface area contributed by atoms with Crippen LogP contribution in [0.3, 0.4) is 0 Å². The van der Waals surface area contributed by atoms with Crippen LogP contribution in [0, 0.1) is 6.92 Å². The first-order valence-electron chi connectivity index (χ1n) is 6.41. The van der Waals surface area contributed by atoms with Crippen molar-refractivity contribution < 1.29 is 4.79 Å². The highest BCUT2D eigenvalue weighted by Crippen LogP contribution is 2.42. The van der Waals surface area contributed by atoms with Crippen LogP contribution in [0.2, 0.25) is 5.02 Å². The molecule has 1 atom stereocenters. The zero-order valence-electron chi connectivity index (χ0n) is 11.0. The van der Waals surface area contributed by atoms with E-state index in [1.807, 2.05) is 41.3 Å². The summed E-state index contributed by atoms with van der Waals surface area (Å²) >= 11 is 7.59. The van der Waals surface area contributed by atoms with Crippen molar-refractivity contribution in [3.8, 4) is 0 Å². The Morgan fingerprint density at radius 2 is 1.85 bits per heavy atom. The van der Waals surface area contributed by atoms with Gasteiger partial charge in [0, 0.05) is 10.7 Å². The highest BCUT2D eigenvalue weighted by atomic mass is 35.5. The Balaban J connectivity index is 2.01. The van der Waals surface area contributed by atoms with Crippen molar-refractivity contribution in [1.82, 2.24) is 0 Å². The lowest BCUT2D eigenvalue weighted by molar-refractivity contribution is -0.115. The Labute approximate surface area is 127 Å². The molecule has 1 amide bonds. The number of amides is 1. The molecule has 0 bridgehead atoms. The summed E-state index contributed by atoms with van der Waals surface area (Å²) in [6.07, 6.45) is 0. The van der Waals surface area contributed by atoms with Crippen molar-refractivity contribution in [1.29, 1.82) is 0 Å². The van der Waals surface area contributed by atoms with E-state index >= 15 is 0 Å². The van der Waals surface area contributed by atoms with E-state index < -0.39 is 0 Å². The molecule has 4 heteroatoms. The van der Waals surface area contributed by atoms with Crippen molar-refractivity contribution in [2.24, 2.45) is 0 Å². The molecule has 1 saturated heterocycles. The molecule has 1 fully saturated rings. The predicted octanol–water partition coefficient (Wildman–Crippen LogP) is 4.43. The first kappa shape index (κ1) is 13.5. The first-order valence-corrected chi connectivity index (χ1v) is 7.84. The number of anilines is 1. The van der Waals surface area contributed by atoms with Crippen molar-refractivity contribution in [3.05, 3.63) is 64.7 Å². The van der Waals surface area contributed by atoms with Crippen LogP contribution in [-0.2, 0) is 4.79 Å². The van der Waals surface area contributed by atoms with Gasteiger partial charge in [-0.1, -0.05) is 35.9 Å². The fourth-order valence-electron chi connectivity index (χ4n) is 2.40. The van der Waals surface area contributed by atoms with E-state index in [2.05, 4.69) is 19.1 Å². The Bertz CT molecular complexity index is 641. The normalized spacial score (nSPS) is 18.6. The fourth-order valence-corrected chi connectivity index (χ4v) is 3.80. The maximum Gasteiger partial charge on any atom is 0.238 e. The summed E-state index contributed by atoms with van der Waals surface area (Å²) in [5.74, 6) is 0.660. The number of carbonyl (C=O) groups is 1. The molecular formula is C16H14ClNOS. The van der Waals surface area contributed by atoms with Gasteiger partial charge in [0.15, 0.2) is 0 Å². The van der Waals surface area contributed by atoms with Gasteiger partial charge in [0.05, 0.1) is 5.75 Å². The smallest absolute Gasteiger partial charge is 0.238 e. The second-order valence-electron chi connectivity index (χ2n) is 4.76. The summed E-state index contributed by atoms with van der Waals surface area (Å²) in [4.78, 5) is 14.1. The van der Waals surface area contributed by atoms with E-state index in [4.69, 9.17) is 11.6 Å². The summed E-state index contributed by atoms with van der Waals surface area (Å²) in [7, 11) is 0. The lowest BCUT2D eigenvalue weighted by Crippen LogP contribution is -2.28. The van der Waals surface area contributed by atoms with Crippen LogP contribution in [0.5, 0.6) is 0 Å². The molecule has 0 aromatic heterocycles. The van der Waals surface area contributed by atoms with Crippen LogP contribution in [0.25, 0.3) is 0 Å². The van der Waals surface area contributed by atoms with Crippen LogP contribution >= 0.6 is 23.4 Å². The molecule has 1 aliphatic rings. The van der Waals surface area contributed by atoms with Gasteiger partial charge in [0.1, 0.15) is 5.37 Å². The zero-order chi connectivity index (χ0) is 14.1. The molecule has 1 heterocycles. The van der Waals surface area contributed by atoms with Crippen molar-refractivity contribution in [2.45, 2.75) is 12.3 Å². The molecule has 0 saturated carbocycles. The first-order chi connectivity index (χ1) is 9.66. The second-order valence-corrected chi connectivity index (χ2v) is 6.27. The number of benzene rings is 2. The SMILES string of the molecule is Cc1ccccc1[C@@H]1SCC(=O)N1c1ccc(Cl)cc1. The van der Waals surface area contributed by atoms with E-state index in [0.717, 1.165) is 5.69 Å². The Hall–Kier alpha value is -1.45. The molecule has 2 nitrogen and oxygen atoms in total. The largest absolute Gasteiger partial charge is 0.295 e. The van der Waals surface area contributed by atoms with Gasteiger partial charge >= 0.3 is 0 Å². The van der Waals surface area contributed by atoms with Gasteiger partial charge in [0.2, 0.25) is 5.91 Å². The highest BCUT2D eigenvalue weighted by Gasteiger charge is 2.34. The summed E-state index contributed by atoms with van der Waals surface area (Å²) in [5.41, 5.74) is 3.30. The minimum Gasteiger partial charge on any atom is -0.295 e. The second kappa shape index (κ2) is 5.51. The zero-order valence-corrected chi connectivity index (χ0v) is 12.6. The number of nitrogens with zero attached hydrogens (tertiary/aromatic N) is 1. The number of carbonyl (C=O) groups excluding carboxylic acids is 1. The topological polar surface area (TPSA) is 20.3 Å². The highest BCUT2D eigenvalue weighted by molar-refractivity contribution is 8.00. The van der Waals surface area contributed by atoms with E-state index in [0.29, 0.717) is 10.8 Å². The molecule has 3 rings (SSSR count). The average molecular weight is 304 g/mol. The Kier molecular flexibility index (Phi) is 3.72. The van der Waals surface area contributed by atoms with E-state index in [9.17, 15) is 4.79 Å². The monoisotopic (exact) mass is 303 g/mol. The van der Waals surface area contributed by atoms with Crippen molar-refractivity contribution >= 4 is 35.0 Å². The minimum atomic E-state index is 0.0462. The lowest BCUT2D eigenvalue weighted by Gasteiger charge is -2.25. The van der Waals surface area contributed by atoms with Crippen LogP contribution < -0.4 is 4.90 Å². The van der Waals surface area contributed by atoms with Gasteiger partial charge in [-0.3, -0.25) is 9.69 Å². The van der Waals surface area contributed by atoms with Crippen LogP contribution in [0.1, 0.15) is 16.5 Å². The third-order valence-electron chi connectivity index (χ3n) is 3.43. The molecule has 0 spiro atoms. The Morgan fingerprint density at radius 3 is 2.55 bits per heavy atom. The van der Waals surface area contributed by atoms with Crippen LogP contribution in [0.15, 0.2) is 48.5 Å².